The standard InChI is InChI=1S/C13H22N4O/c1-11-8-13(16-10-15-11)17(6-7-18-2)9-12-4-3-5-14-12/h8,10,12,14H,3-7,9H2,1-2H3. The number of nitrogens with zero attached hydrogens (tertiary/aromatic N) is 3. The number of hydrogen-bond donors (Lipinski definition) is 1. The van der Waals surface area contributed by atoms with Crippen LogP contribution in [0, 0.1) is 6.92 Å². The Hall–Kier alpha value is -1.20. The smallest absolute Gasteiger partial charge is 0.132 e. The number of methoxy groups -OCH3 is 1. The second-order valence-electron chi connectivity index (χ2n) is 4.75. The normalized spacial score (nSPS) is 19.1. The van der Waals surface area contributed by atoms with Gasteiger partial charge in [0.15, 0.2) is 0 Å². The van der Waals surface area contributed by atoms with Gasteiger partial charge in [-0.1, -0.05) is 0 Å². The molecule has 0 amide bonds. The Labute approximate surface area is 109 Å². The minimum Gasteiger partial charge on any atom is -0.383 e. The molecule has 1 aliphatic heterocycles. The summed E-state index contributed by atoms with van der Waals surface area (Å²) in [6.45, 7) is 5.69. The lowest BCUT2D eigenvalue weighted by atomic mass is 10.2. The molecule has 1 aliphatic rings. The van der Waals surface area contributed by atoms with E-state index >= 15 is 0 Å². The topological polar surface area (TPSA) is 50.3 Å². The van der Waals surface area contributed by atoms with Crippen molar-refractivity contribution in [1.29, 1.82) is 0 Å². The van der Waals surface area contributed by atoms with E-state index in [0.717, 1.165) is 37.8 Å². The van der Waals surface area contributed by atoms with E-state index in [-0.39, 0.29) is 0 Å². The van der Waals surface area contributed by atoms with Gasteiger partial charge in [-0.3, -0.25) is 0 Å². The molecule has 5 nitrogen and oxygen atoms in total. The summed E-state index contributed by atoms with van der Waals surface area (Å²) in [5.41, 5.74) is 1.00. The second kappa shape index (κ2) is 6.66. The van der Waals surface area contributed by atoms with E-state index < -0.39 is 0 Å². The van der Waals surface area contributed by atoms with Gasteiger partial charge >= 0.3 is 0 Å². The Morgan fingerprint density at radius 3 is 3.06 bits per heavy atom. The van der Waals surface area contributed by atoms with Gasteiger partial charge in [0.2, 0.25) is 0 Å². The number of aromatic nitrogens is 2. The molecule has 0 radical (unpaired) electrons. The number of nitrogens with one attached hydrogen (secondary N) is 1. The largest absolute Gasteiger partial charge is 0.383 e. The molecule has 0 aromatic carbocycles. The zero-order chi connectivity index (χ0) is 12.8. The molecule has 18 heavy (non-hydrogen) atoms. The Morgan fingerprint density at radius 2 is 2.39 bits per heavy atom. The van der Waals surface area contributed by atoms with Crippen LogP contribution in [-0.4, -0.2) is 49.4 Å². The molecule has 100 valence electrons. The lowest BCUT2D eigenvalue weighted by Gasteiger charge is -2.26. The fraction of sp³-hybridized carbons (Fsp3) is 0.692. The van der Waals surface area contributed by atoms with Crippen molar-refractivity contribution in [3.63, 3.8) is 0 Å². The van der Waals surface area contributed by atoms with Crippen LogP contribution in [0.4, 0.5) is 5.82 Å². The number of anilines is 1. The van der Waals surface area contributed by atoms with Crippen molar-refractivity contribution >= 4 is 5.82 Å². The Balaban J connectivity index is 2.03. The summed E-state index contributed by atoms with van der Waals surface area (Å²) >= 11 is 0. The Morgan fingerprint density at radius 1 is 1.50 bits per heavy atom. The second-order valence-corrected chi connectivity index (χ2v) is 4.75. The van der Waals surface area contributed by atoms with Crippen LogP contribution in [0.2, 0.25) is 0 Å². The summed E-state index contributed by atoms with van der Waals surface area (Å²) in [5, 5.41) is 3.52. The van der Waals surface area contributed by atoms with Gasteiger partial charge in [-0.25, -0.2) is 9.97 Å². The third-order valence-corrected chi connectivity index (χ3v) is 3.28. The van der Waals surface area contributed by atoms with Crippen molar-refractivity contribution < 1.29 is 4.74 Å². The summed E-state index contributed by atoms with van der Waals surface area (Å²) in [7, 11) is 1.73. The van der Waals surface area contributed by atoms with E-state index in [4.69, 9.17) is 4.74 Å². The van der Waals surface area contributed by atoms with Crippen molar-refractivity contribution in [3.05, 3.63) is 18.1 Å². The highest BCUT2D eigenvalue weighted by Crippen LogP contribution is 2.14. The molecular weight excluding hydrogens is 228 g/mol. The molecule has 1 N–H and O–H groups in total. The van der Waals surface area contributed by atoms with Crippen LogP contribution in [0.5, 0.6) is 0 Å². The molecule has 0 bridgehead atoms. The maximum atomic E-state index is 5.18. The van der Waals surface area contributed by atoms with E-state index in [9.17, 15) is 0 Å². The molecule has 0 saturated carbocycles. The summed E-state index contributed by atoms with van der Waals surface area (Å²) in [4.78, 5) is 10.8. The molecule has 1 aromatic rings. The first-order valence-corrected chi connectivity index (χ1v) is 6.55. The van der Waals surface area contributed by atoms with Crippen molar-refractivity contribution in [2.24, 2.45) is 0 Å². The Kier molecular flexibility index (Phi) is 4.90. The van der Waals surface area contributed by atoms with Gasteiger partial charge in [0.05, 0.1) is 6.61 Å². The average Bonchev–Trinajstić information content (AvgIpc) is 2.87. The van der Waals surface area contributed by atoms with E-state index in [0.29, 0.717) is 6.04 Å². The molecule has 2 rings (SSSR count). The third-order valence-electron chi connectivity index (χ3n) is 3.28. The zero-order valence-corrected chi connectivity index (χ0v) is 11.2. The lowest BCUT2D eigenvalue weighted by Crippen LogP contribution is -2.39. The SMILES string of the molecule is COCCN(CC1CCCN1)c1cc(C)ncn1. The maximum Gasteiger partial charge on any atom is 0.132 e. The highest BCUT2D eigenvalue weighted by Gasteiger charge is 2.18. The molecule has 0 aliphatic carbocycles. The van der Waals surface area contributed by atoms with Crippen LogP contribution in [-0.2, 0) is 4.74 Å². The van der Waals surface area contributed by atoms with E-state index in [1.807, 2.05) is 13.0 Å². The van der Waals surface area contributed by atoms with Crippen molar-refractivity contribution in [2.45, 2.75) is 25.8 Å². The number of aryl methyl sites for hydroxylation is 1. The zero-order valence-electron chi connectivity index (χ0n) is 11.2. The van der Waals surface area contributed by atoms with Crippen LogP contribution in [0.3, 0.4) is 0 Å². The maximum absolute atomic E-state index is 5.18. The molecule has 0 spiro atoms. The molecule has 1 fully saturated rings. The quantitative estimate of drug-likeness (QED) is 0.816. The van der Waals surface area contributed by atoms with Crippen molar-refractivity contribution in [1.82, 2.24) is 15.3 Å². The fourth-order valence-electron chi connectivity index (χ4n) is 2.29. The van der Waals surface area contributed by atoms with Crippen molar-refractivity contribution in [2.75, 3.05) is 38.3 Å². The minimum atomic E-state index is 0.567. The van der Waals surface area contributed by atoms with Crippen LogP contribution >= 0.6 is 0 Å². The van der Waals surface area contributed by atoms with E-state index in [1.54, 1.807) is 13.4 Å². The summed E-state index contributed by atoms with van der Waals surface area (Å²) in [6.07, 6.45) is 4.14. The van der Waals surface area contributed by atoms with Gasteiger partial charge in [-0.05, 0) is 26.3 Å². The predicted molar refractivity (Wildman–Crippen MR) is 71.9 cm³/mol. The lowest BCUT2D eigenvalue weighted by molar-refractivity contribution is 0.204. The van der Waals surface area contributed by atoms with Crippen LogP contribution in [0.15, 0.2) is 12.4 Å². The summed E-state index contributed by atoms with van der Waals surface area (Å²) < 4.78 is 5.18. The van der Waals surface area contributed by atoms with Crippen LogP contribution in [0.25, 0.3) is 0 Å². The molecule has 1 aromatic heterocycles. The van der Waals surface area contributed by atoms with Gasteiger partial charge in [0.25, 0.3) is 0 Å². The first-order valence-electron chi connectivity index (χ1n) is 6.55. The monoisotopic (exact) mass is 250 g/mol. The van der Waals surface area contributed by atoms with Crippen molar-refractivity contribution in [3.8, 4) is 0 Å². The molecule has 5 heteroatoms. The van der Waals surface area contributed by atoms with Gasteiger partial charge in [-0.15, -0.1) is 0 Å². The molecular formula is C13H22N4O. The first-order chi connectivity index (χ1) is 8.79. The summed E-state index contributed by atoms with van der Waals surface area (Å²) in [5.74, 6) is 0.994. The number of rotatable bonds is 6. The molecule has 1 unspecified atom stereocenters. The third kappa shape index (κ3) is 3.65. The van der Waals surface area contributed by atoms with Crippen LogP contribution in [0.1, 0.15) is 18.5 Å². The number of hydrogen-bond acceptors (Lipinski definition) is 5. The predicted octanol–water partition coefficient (Wildman–Crippen LogP) is 0.990. The Bertz CT molecular complexity index is 366. The highest BCUT2D eigenvalue weighted by atomic mass is 16.5. The van der Waals surface area contributed by atoms with Gasteiger partial charge < -0.3 is 15.0 Å². The number of ether oxygens (including phenoxy) is 1. The van der Waals surface area contributed by atoms with Gasteiger partial charge in [-0.2, -0.15) is 0 Å². The van der Waals surface area contributed by atoms with Gasteiger partial charge in [0, 0.05) is 38.0 Å². The molecule has 1 atom stereocenters. The minimum absolute atomic E-state index is 0.567. The summed E-state index contributed by atoms with van der Waals surface area (Å²) in [6, 6.07) is 2.60. The van der Waals surface area contributed by atoms with E-state index in [2.05, 4.69) is 20.2 Å². The molecule has 1 saturated heterocycles. The first kappa shape index (κ1) is 13.2. The van der Waals surface area contributed by atoms with Crippen LogP contribution < -0.4 is 10.2 Å². The molecule has 2 heterocycles. The van der Waals surface area contributed by atoms with Gasteiger partial charge in [0.1, 0.15) is 12.1 Å². The van der Waals surface area contributed by atoms with E-state index in [1.165, 1.54) is 12.8 Å². The average molecular weight is 250 g/mol. The fourth-order valence-corrected chi connectivity index (χ4v) is 2.29. The highest BCUT2D eigenvalue weighted by molar-refractivity contribution is 5.39.